The van der Waals surface area contributed by atoms with E-state index in [-0.39, 0.29) is 0 Å². The first-order valence-electron chi connectivity index (χ1n) is 3.70. The maximum absolute atomic E-state index is 2.44. The molecule has 0 bridgehead atoms. The van der Waals surface area contributed by atoms with Gasteiger partial charge in [0.25, 0.3) is 0 Å². The molecule has 0 aliphatic carbocycles. The van der Waals surface area contributed by atoms with E-state index in [9.17, 15) is 0 Å². The molecule has 0 fully saturated rings. The van der Waals surface area contributed by atoms with E-state index in [2.05, 4.69) is 55.6 Å². The highest BCUT2D eigenvalue weighted by Gasteiger charge is 1.91. The molecule has 0 N–H and O–H groups in total. The Labute approximate surface area is 91.6 Å². The molecular weight excluding hydrogens is 352 g/mol. The lowest BCUT2D eigenvalue weighted by Gasteiger charge is -2.05. The molecule has 0 rings (SSSR count). The summed E-state index contributed by atoms with van der Waals surface area (Å²) in [6, 6.07) is 0. The van der Waals surface area contributed by atoms with Crippen molar-refractivity contribution in [1.29, 1.82) is 0 Å². The van der Waals surface area contributed by atoms with Crippen LogP contribution in [-0.4, -0.2) is 21.1 Å². The van der Waals surface area contributed by atoms with Gasteiger partial charge in [0, 0.05) is 29.4 Å². The zero-order valence-corrected chi connectivity index (χ0v) is 10.8. The molecule has 0 amide bonds. The van der Waals surface area contributed by atoms with Gasteiger partial charge in [-0.15, -0.1) is 0 Å². The summed E-state index contributed by atoms with van der Waals surface area (Å²) in [6.07, 6.45) is 5.56. The highest BCUT2D eigenvalue weighted by molar-refractivity contribution is 14.1. The monoisotopic (exact) mass is 367 g/mol. The van der Waals surface area contributed by atoms with E-state index in [1.54, 1.807) is 0 Å². The molecular formula is C7H15I2N. The van der Waals surface area contributed by atoms with Gasteiger partial charge < -0.3 is 0 Å². The fourth-order valence-corrected chi connectivity index (χ4v) is 1.66. The van der Waals surface area contributed by atoms with Crippen LogP contribution in [0.4, 0.5) is 0 Å². The summed E-state index contributed by atoms with van der Waals surface area (Å²) in [7, 11) is 2.12. The summed E-state index contributed by atoms with van der Waals surface area (Å²) < 4.78 is 3.54. The summed E-state index contributed by atoms with van der Waals surface area (Å²) in [6.45, 7) is 1.24. The third-order valence-corrected chi connectivity index (χ3v) is 2.60. The summed E-state index contributed by atoms with van der Waals surface area (Å²) in [4.78, 5) is 0. The number of hydrogen-bond acceptors (Lipinski definition) is 1. The largest absolute Gasteiger partial charge is 0.251 e. The average Bonchev–Trinajstić information content (AvgIpc) is 1.87. The molecule has 0 spiro atoms. The van der Waals surface area contributed by atoms with Gasteiger partial charge in [-0.2, -0.15) is 0 Å². The Balaban J connectivity index is 2.77. The molecule has 0 aromatic rings. The van der Waals surface area contributed by atoms with Crippen LogP contribution in [0.25, 0.3) is 0 Å². The molecule has 0 aromatic heterocycles. The van der Waals surface area contributed by atoms with E-state index in [4.69, 9.17) is 0 Å². The van der Waals surface area contributed by atoms with Gasteiger partial charge in [0.15, 0.2) is 0 Å². The van der Waals surface area contributed by atoms with Crippen LogP contribution in [-0.2, 0) is 0 Å². The van der Waals surface area contributed by atoms with Gasteiger partial charge in [0.2, 0.25) is 0 Å². The Morgan fingerprint density at radius 3 is 2.20 bits per heavy atom. The predicted octanol–water partition coefficient (Wildman–Crippen LogP) is 3.26. The van der Waals surface area contributed by atoms with Gasteiger partial charge in [-0.25, -0.2) is 0 Å². The number of alkyl halides is 1. The molecule has 0 saturated carbocycles. The van der Waals surface area contributed by atoms with Crippen LogP contribution in [0.1, 0.15) is 25.7 Å². The fourth-order valence-electron chi connectivity index (χ4n) is 0.778. The summed E-state index contributed by atoms with van der Waals surface area (Å²) in [5.74, 6) is 0. The predicted molar refractivity (Wildman–Crippen MR) is 64.0 cm³/mol. The van der Waals surface area contributed by atoms with Gasteiger partial charge in [-0.05, 0) is 24.3 Å². The molecule has 0 aliphatic rings. The molecule has 3 heteroatoms. The number of rotatable bonds is 6. The topological polar surface area (TPSA) is 3.24 Å². The lowest BCUT2D eigenvalue weighted by Crippen LogP contribution is -2.04. The van der Waals surface area contributed by atoms with Crippen molar-refractivity contribution in [2.75, 3.05) is 18.0 Å². The summed E-state index contributed by atoms with van der Waals surface area (Å²) in [5.41, 5.74) is 0. The van der Waals surface area contributed by atoms with E-state index in [0.29, 0.717) is 0 Å². The standard InChI is InChI=1S/C7H15I2N/c1-10(9)7-5-3-2-4-6-8/h2-7H2,1H3. The Morgan fingerprint density at radius 2 is 1.70 bits per heavy atom. The Morgan fingerprint density at radius 1 is 1.10 bits per heavy atom. The minimum absolute atomic E-state index is 1.24. The first kappa shape index (κ1) is 11.4. The van der Waals surface area contributed by atoms with Crippen LogP contribution in [0.2, 0.25) is 0 Å². The normalized spacial score (nSPS) is 10.8. The number of unbranched alkanes of at least 4 members (excludes halogenated alkanes) is 3. The lowest BCUT2D eigenvalue weighted by atomic mass is 10.2. The first-order chi connectivity index (χ1) is 4.77. The van der Waals surface area contributed by atoms with Gasteiger partial charge in [0.1, 0.15) is 0 Å². The molecule has 62 valence electrons. The molecule has 0 heterocycles. The van der Waals surface area contributed by atoms with Crippen LogP contribution in [0.5, 0.6) is 0 Å². The van der Waals surface area contributed by atoms with E-state index < -0.39 is 0 Å². The van der Waals surface area contributed by atoms with Gasteiger partial charge in [0.05, 0.1) is 0 Å². The Kier molecular flexibility index (Phi) is 9.73. The maximum Gasteiger partial charge on any atom is 0.0198 e. The second-order valence-electron chi connectivity index (χ2n) is 2.43. The van der Waals surface area contributed by atoms with E-state index in [1.807, 2.05) is 0 Å². The number of hydrogen-bond donors (Lipinski definition) is 0. The third-order valence-electron chi connectivity index (χ3n) is 1.35. The maximum atomic E-state index is 2.44. The van der Waals surface area contributed by atoms with Crippen molar-refractivity contribution in [1.82, 2.24) is 3.11 Å². The molecule has 0 atom stereocenters. The van der Waals surface area contributed by atoms with Gasteiger partial charge in [-0.3, -0.25) is 3.11 Å². The van der Waals surface area contributed by atoms with E-state index >= 15 is 0 Å². The lowest BCUT2D eigenvalue weighted by molar-refractivity contribution is 0.547. The zero-order valence-electron chi connectivity index (χ0n) is 6.45. The Bertz CT molecular complexity index is 66.6. The molecule has 0 radical (unpaired) electrons. The molecule has 1 nitrogen and oxygen atoms in total. The molecule has 0 aromatic carbocycles. The minimum Gasteiger partial charge on any atom is -0.251 e. The molecule has 0 saturated heterocycles. The molecule has 0 unspecified atom stereocenters. The summed E-state index contributed by atoms with van der Waals surface area (Å²) in [5, 5.41) is 0. The summed E-state index contributed by atoms with van der Waals surface area (Å²) >= 11 is 4.78. The van der Waals surface area contributed by atoms with Crippen molar-refractivity contribution in [3.8, 4) is 0 Å². The smallest absolute Gasteiger partial charge is 0.0198 e. The zero-order chi connectivity index (χ0) is 7.82. The van der Waals surface area contributed by atoms with Crippen molar-refractivity contribution in [3.63, 3.8) is 0 Å². The van der Waals surface area contributed by atoms with Gasteiger partial charge in [-0.1, -0.05) is 35.4 Å². The van der Waals surface area contributed by atoms with Crippen LogP contribution >= 0.6 is 45.5 Å². The average molecular weight is 367 g/mol. The number of nitrogens with zero attached hydrogens (tertiary/aromatic N) is 1. The van der Waals surface area contributed by atoms with Crippen molar-refractivity contribution in [2.45, 2.75) is 25.7 Å². The van der Waals surface area contributed by atoms with Crippen LogP contribution in [0.15, 0.2) is 0 Å². The van der Waals surface area contributed by atoms with Crippen molar-refractivity contribution >= 4 is 45.5 Å². The molecule has 0 aliphatic heterocycles. The Hall–Kier alpha value is 1.42. The van der Waals surface area contributed by atoms with E-state index in [1.165, 1.54) is 36.7 Å². The van der Waals surface area contributed by atoms with Gasteiger partial charge >= 0.3 is 0 Å². The quantitative estimate of drug-likeness (QED) is 0.302. The van der Waals surface area contributed by atoms with Crippen molar-refractivity contribution in [3.05, 3.63) is 0 Å². The first-order valence-corrected chi connectivity index (χ1v) is 6.19. The SMILES string of the molecule is CN(I)CCCCCCI. The van der Waals surface area contributed by atoms with Crippen LogP contribution < -0.4 is 0 Å². The van der Waals surface area contributed by atoms with E-state index in [0.717, 1.165) is 0 Å². The second-order valence-corrected chi connectivity index (χ2v) is 5.16. The highest BCUT2D eigenvalue weighted by Crippen LogP contribution is 2.04. The third kappa shape index (κ3) is 9.42. The van der Waals surface area contributed by atoms with Crippen molar-refractivity contribution in [2.24, 2.45) is 0 Å². The van der Waals surface area contributed by atoms with Crippen LogP contribution in [0.3, 0.4) is 0 Å². The van der Waals surface area contributed by atoms with Crippen LogP contribution in [0, 0.1) is 0 Å². The minimum atomic E-state index is 1.24. The second kappa shape index (κ2) is 8.52. The van der Waals surface area contributed by atoms with Crippen molar-refractivity contribution < 1.29 is 0 Å². The molecule has 10 heavy (non-hydrogen) atoms. The number of halogens is 2. The fraction of sp³-hybridized carbons (Fsp3) is 1.00. The highest BCUT2D eigenvalue weighted by atomic mass is 127.